The van der Waals surface area contributed by atoms with Crippen molar-refractivity contribution < 1.29 is 9.90 Å². The normalized spacial score (nSPS) is 12.3. The van der Waals surface area contributed by atoms with E-state index in [4.69, 9.17) is 5.11 Å². The Morgan fingerprint density at radius 1 is 1.47 bits per heavy atom. The summed E-state index contributed by atoms with van der Waals surface area (Å²) in [7, 11) is 0. The number of halogens is 1. The summed E-state index contributed by atoms with van der Waals surface area (Å²) in [6.45, 7) is 2.76. The lowest BCUT2D eigenvalue weighted by Crippen LogP contribution is -2.17. The van der Waals surface area contributed by atoms with Crippen molar-refractivity contribution in [2.24, 2.45) is 0 Å². The highest BCUT2D eigenvalue weighted by Crippen LogP contribution is 2.23. The fourth-order valence-electron chi connectivity index (χ4n) is 1.78. The zero-order chi connectivity index (χ0) is 13.8. The minimum atomic E-state index is -0.874. The van der Waals surface area contributed by atoms with E-state index in [2.05, 4.69) is 34.2 Å². The molecule has 2 aromatic rings. The van der Waals surface area contributed by atoms with Gasteiger partial charge in [0.1, 0.15) is 0 Å². The molecule has 1 unspecified atom stereocenters. The average Bonchev–Trinajstić information content (AvgIpc) is 2.85. The fourth-order valence-corrected chi connectivity index (χ4v) is 3.21. The van der Waals surface area contributed by atoms with Gasteiger partial charge in [0.2, 0.25) is 0 Å². The highest BCUT2D eigenvalue weighted by atomic mass is 79.9. The smallest absolute Gasteiger partial charge is 0.336 e. The van der Waals surface area contributed by atoms with E-state index in [0.29, 0.717) is 12.1 Å². The zero-order valence-corrected chi connectivity index (χ0v) is 12.8. The first-order chi connectivity index (χ1) is 9.08. The lowest BCUT2D eigenvalue weighted by molar-refractivity contribution is 0.0697. The number of aromatic carboxylic acids is 1. The number of nitrogens with one attached hydrogen (secondary N) is 1. The first kappa shape index (κ1) is 14.2. The van der Waals surface area contributed by atoms with Crippen molar-refractivity contribution in [3.8, 4) is 0 Å². The molecule has 0 spiro atoms. The van der Waals surface area contributed by atoms with Crippen LogP contribution < -0.4 is 5.32 Å². The monoisotopic (exact) mass is 339 g/mol. The molecule has 0 bridgehead atoms. The average molecular weight is 340 g/mol. The summed E-state index contributed by atoms with van der Waals surface area (Å²) in [5, 5.41) is 13.9. The van der Waals surface area contributed by atoms with Gasteiger partial charge in [-0.15, -0.1) is 11.3 Å². The summed E-state index contributed by atoms with van der Waals surface area (Å²) in [5.74, 6) is -0.874. The zero-order valence-electron chi connectivity index (χ0n) is 10.4. The molecular weight excluding hydrogens is 326 g/mol. The van der Waals surface area contributed by atoms with E-state index in [1.165, 1.54) is 16.9 Å². The van der Waals surface area contributed by atoms with Gasteiger partial charge in [-0.2, -0.15) is 0 Å². The third kappa shape index (κ3) is 3.65. The van der Waals surface area contributed by atoms with Gasteiger partial charge >= 0.3 is 5.97 Å². The summed E-state index contributed by atoms with van der Waals surface area (Å²) in [4.78, 5) is 11.8. The molecular formula is C14H14BrNO2S. The van der Waals surface area contributed by atoms with E-state index in [9.17, 15) is 4.79 Å². The molecule has 1 atom stereocenters. The number of benzene rings is 1. The summed E-state index contributed by atoms with van der Waals surface area (Å²) in [6.07, 6.45) is 0. The Bertz CT molecular complexity index is 582. The van der Waals surface area contributed by atoms with Crippen LogP contribution in [0.1, 0.15) is 33.8 Å². The van der Waals surface area contributed by atoms with Crippen molar-refractivity contribution in [3.05, 3.63) is 56.2 Å². The second-order valence-corrected chi connectivity index (χ2v) is 6.08. The molecule has 2 rings (SSSR count). The Morgan fingerprint density at radius 3 is 2.84 bits per heavy atom. The van der Waals surface area contributed by atoms with Crippen LogP contribution in [-0.4, -0.2) is 11.1 Å². The molecule has 0 fully saturated rings. The van der Waals surface area contributed by atoms with E-state index in [1.807, 2.05) is 18.2 Å². The van der Waals surface area contributed by atoms with Crippen LogP contribution in [0, 0.1) is 0 Å². The minimum Gasteiger partial charge on any atom is -0.478 e. The lowest BCUT2D eigenvalue weighted by atomic mass is 10.1. The molecule has 0 saturated carbocycles. The first-order valence-corrected chi connectivity index (χ1v) is 7.53. The third-order valence-electron chi connectivity index (χ3n) is 2.85. The second kappa shape index (κ2) is 6.32. The quantitative estimate of drug-likeness (QED) is 0.863. The van der Waals surface area contributed by atoms with Crippen molar-refractivity contribution in [1.82, 2.24) is 5.32 Å². The molecule has 0 radical (unpaired) electrons. The van der Waals surface area contributed by atoms with Crippen LogP contribution in [0.5, 0.6) is 0 Å². The van der Waals surface area contributed by atoms with Crippen LogP contribution in [0.25, 0.3) is 0 Å². The molecule has 2 N–H and O–H groups in total. The van der Waals surface area contributed by atoms with Gasteiger partial charge in [0.25, 0.3) is 0 Å². The van der Waals surface area contributed by atoms with E-state index in [1.54, 1.807) is 11.4 Å². The Labute approximate surface area is 124 Å². The molecule has 0 aliphatic carbocycles. The fraction of sp³-hybridized carbons (Fsp3) is 0.214. The van der Waals surface area contributed by atoms with Gasteiger partial charge in [-0.3, -0.25) is 0 Å². The van der Waals surface area contributed by atoms with Gasteiger partial charge in [-0.05, 0) is 24.6 Å². The molecule has 100 valence electrons. The largest absolute Gasteiger partial charge is 0.478 e. The molecule has 1 heterocycles. The summed E-state index contributed by atoms with van der Waals surface area (Å²) in [5.41, 5.74) is 1.55. The summed E-state index contributed by atoms with van der Waals surface area (Å²) in [6, 6.07) is 9.99. The molecule has 5 heteroatoms. The van der Waals surface area contributed by atoms with Gasteiger partial charge < -0.3 is 10.4 Å². The standard InChI is InChI=1S/C14H14BrNO2S/c1-9(12-4-2-3-5-13(12)15)16-7-11-6-10(8-19-11)14(17)18/h2-6,8-9,16H,7H2,1H3,(H,17,18). The predicted octanol–water partition coefficient (Wildman–Crippen LogP) is 4.06. The van der Waals surface area contributed by atoms with Gasteiger partial charge in [0.15, 0.2) is 0 Å². The van der Waals surface area contributed by atoms with E-state index in [0.717, 1.165) is 9.35 Å². The number of carbonyl (C=O) groups is 1. The molecule has 0 amide bonds. The Balaban J connectivity index is 1.98. The van der Waals surface area contributed by atoms with Gasteiger partial charge in [-0.25, -0.2) is 4.79 Å². The highest BCUT2D eigenvalue weighted by Gasteiger charge is 2.10. The van der Waals surface area contributed by atoms with Crippen molar-refractivity contribution >= 4 is 33.2 Å². The number of thiophene rings is 1. The van der Waals surface area contributed by atoms with Crippen LogP contribution in [0.3, 0.4) is 0 Å². The second-order valence-electron chi connectivity index (χ2n) is 4.23. The first-order valence-electron chi connectivity index (χ1n) is 5.86. The van der Waals surface area contributed by atoms with Crippen LogP contribution in [-0.2, 0) is 6.54 Å². The number of carboxylic acid groups (broad SMARTS) is 1. The lowest BCUT2D eigenvalue weighted by Gasteiger charge is -2.15. The molecule has 3 nitrogen and oxygen atoms in total. The summed E-state index contributed by atoms with van der Waals surface area (Å²) >= 11 is 5.00. The predicted molar refractivity (Wildman–Crippen MR) is 80.7 cm³/mol. The van der Waals surface area contributed by atoms with Crippen molar-refractivity contribution in [1.29, 1.82) is 0 Å². The maximum atomic E-state index is 10.8. The molecule has 19 heavy (non-hydrogen) atoms. The molecule has 0 aliphatic rings. The summed E-state index contributed by atoms with van der Waals surface area (Å²) < 4.78 is 1.08. The number of hydrogen-bond donors (Lipinski definition) is 2. The van der Waals surface area contributed by atoms with Crippen LogP contribution in [0.15, 0.2) is 40.2 Å². The van der Waals surface area contributed by atoms with Crippen LogP contribution in [0.2, 0.25) is 0 Å². The molecule has 0 saturated heterocycles. The number of carboxylic acids is 1. The van der Waals surface area contributed by atoms with E-state index >= 15 is 0 Å². The van der Waals surface area contributed by atoms with Crippen LogP contribution >= 0.6 is 27.3 Å². The van der Waals surface area contributed by atoms with Crippen molar-refractivity contribution in [2.45, 2.75) is 19.5 Å². The number of rotatable bonds is 5. The van der Waals surface area contributed by atoms with Gasteiger partial charge in [0, 0.05) is 27.3 Å². The van der Waals surface area contributed by atoms with Gasteiger partial charge in [0.05, 0.1) is 5.56 Å². The minimum absolute atomic E-state index is 0.200. The molecule has 1 aromatic carbocycles. The third-order valence-corrected chi connectivity index (χ3v) is 4.51. The molecule has 0 aliphatic heterocycles. The Hall–Kier alpha value is -1.17. The Kier molecular flexibility index (Phi) is 4.74. The SMILES string of the molecule is CC(NCc1cc(C(=O)O)cs1)c1ccccc1Br. The van der Waals surface area contributed by atoms with Crippen molar-refractivity contribution in [3.63, 3.8) is 0 Å². The maximum absolute atomic E-state index is 10.8. The highest BCUT2D eigenvalue weighted by molar-refractivity contribution is 9.10. The number of hydrogen-bond acceptors (Lipinski definition) is 3. The van der Waals surface area contributed by atoms with Crippen LogP contribution in [0.4, 0.5) is 0 Å². The maximum Gasteiger partial charge on any atom is 0.336 e. The van der Waals surface area contributed by atoms with E-state index in [-0.39, 0.29) is 6.04 Å². The van der Waals surface area contributed by atoms with Gasteiger partial charge in [-0.1, -0.05) is 34.1 Å². The Morgan fingerprint density at radius 2 is 2.21 bits per heavy atom. The van der Waals surface area contributed by atoms with Crippen molar-refractivity contribution in [2.75, 3.05) is 0 Å². The topological polar surface area (TPSA) is 49.3 Å². The van der Waals surface area contributed by atoms with E-state index < -0.39 is 5.97 Å². The molecule has 1 aromatic heterocycles.